The molecule has 0 unspecified atom stereocenters. The molecule has 1 heterocycles. The summed E-state index contributed by atoms with van der Waals surface area (Å²) >= 11 is 5.74. The molecular weight excluding hydrogens is 202 g/mol. The van der Waals surface area contributed by atoms with Crippen molar-refractivity contribution in [1.29, 1.82) is 0 Å². The largest absolute Gasteiger partial charge is 0.379 e. The van der Waals surface area contributed by atoms with Gasteiger partial charge >= 0.3 is 0 Å². The fraction of sp³-hybridized carbons (Fsp3) is 0.333. The van der Waals surface area contributed by atoms with E-state index >= 15 is 0 Å². The molecule has 0 fully saturated rings. The first-order valence-electron chi connectivity index (χ1n) is 4.21. The van der Waals surface area contributed by atoms with Crippen LogP contribution in [0.1, 0.15) is 13.8 Å². The van der Waals surface area contributed by atoms with Crippen LogP contribution in [0, 0.1) is 0 Å². The van der Waals surface area contributed by atoms with Gasteiger partial charge in [-0.05, 0) is 13.8 Å². The Morgan fingerprint density at radius 3 is 3.07 bits per heavy atom. The van der Waals surface area contributed by atoms with Gasteiger partial charge in [0.1, 0.15) is 5.02 Å². The van der Waals surface area contributed by atoms with E-state index in [4.69, 9.17) is 11.6 Å². The number of aromatic amines is 1. The maximum atomic E-state index is 11.0. The summed E-state index contributed by atoms with van der Waals surface area (Å²) in [7, 11) is 0. The van der Waals surface area contributed by atoms with Gasteiger partial charge in [0.2, 0.25) is 0 Å². The van der Waals surface area contributed by atoms with Gasteiger partial charge in [0.25, 0.3) is 5.56 Å². The molecule has 0 amide bonds. The third-order valence-electron chi connectivity index (χ3n) is 1.60. The molecule has 0 saturated carbocycles. The van der Waals surface area contributed by atoms with Crippen LogP contribution in [0.15, 0.2) is 22.6 Å². The zero-order chi connectivity index (χ0) is 10.6. The number of hydrogen-bond donors (Lipinski definition) is 2. The number of nitrogens with zero attached hydrogens (tertiary/aromatic N) is 1. The van der Waals surface area contributed by atoms with Gasteiger partial charge in [-0.3, -0.25) is 4.79 Å². The number of nitrogens with one attached hydrogen (secondary N) is 2. The van der Waals surface area contributed by atoms with Crippen LogP contribution in [0.4, 0.5) is 5.69 Å². The first-order valence-corrected chi connectivity index (χ1v) is 4.59. The summed E-state index contributed by atoms with van der Waals surface area (Å²) in [6, 6.07) is 0. The third kappa shape index (κ3) is 2.88. The van der Waals surface area contributed by atoms with E-state index in [2.05, 4.69) is 15.5 Å². The van der Waals surface area contributed by atoms with Gasteiger partial charge in [-0.15, -0.1) is 0 Å². The predicted molar refractivity (Wildman–Crippen MR) is 57.8 cm³/mol. The summed E-state index contributed by atoms with van der Waals surface area (Å²) in [5.41, 5.74) is 1.37. The van der Waals surface area contributed by atoms with Crippen molar-refractivity contribution in [2.45, 2.75) is 13.8 Å². The molecule has 0 saturated heterocycles. The molecular formula is C9H12ClN3O. The fourth-order valence-corrected chi connectivity index (χ4v) is 1.03. The van der Waals surface area contributed by atoms with E-state index in [0.29, 0.717) is 12.2 Å². The quantitative estimate of drug-likeness (QED) is 0.753. The zero-order valence-electron chi connectivity index (χ0n) is 8.10. The van der Waals surface area contributed by atoms with Crippen molar-refractivity contribution in [3.05, 3.63) is 33.2 Å². The Morgan fingerprint density at radius 2 is 2.43 bits per heavy atom. The SMILES string of the molecule is CC(C)=CCNc1cn[nH]c(=O)c1Cl. The van der Waals surface area contributed by atoms with E-state index < -0.39 is 0 Å². The van der Waals surface area contributed by atoms with Gasteiger partial charge < -0.3 is 5.32 Å². The van der Waals surface area contributed by atoms with Crippen molar-refractivity contribution < 1.29 is 0 Å². The Kier molecular flexibility index (Phi) is 3.71. The average molecular weight is 214 g/mol. The summed E-state index contributed by atoms with van der Waals surface area (Å²) in [5.74, 6) is 0. The van der Waals surface area contributed by atoms with Crippen LogP contribution in [0.25, 0.3) is 0 Å². The molecule has 0 aliphatic rings. The minimum absolute atomic E-state index is 0.141. The summed E-state index contributed by atoms with van der Waals surface area (Å²) in [4.78, 5) is 11.0. The Morgan fingerprint density at radius 1 is 1.71 bits per heavy atom. The maximum absolute atomic E-state index is 11.0. The number of anilines is 1. The van der Waals surface area contributed by atoms with Crippen LogP contribution >= 0.6 is 11.6 Å². The number of H-pyrrole nitrogens is 1. The zero-order valence-corrected chi connectivity index (χ0v) is 8.85. The van der Waals surface area contributed by atoms with Gasteiger partial charge in [0.15, 0.2) is 0 Å². The van der Waals surface area contributed by atoms with E-state index in [0.717, 1.165) is 0 Å². The molecule has 0 radical (unpaired) electrons. The summed E-state index contributed by atoms with van der Waals surface area (Å²) in [5, 5.41) is 9.02. The van der Waals surface area contributed by atoms with Crippen LogP contribution in [0.2, 0.25) is 5.02 Å². The molecule has 1 aromatic rings. The van der Waals surface area contributed by atoms with Crippen molar-refractivity contribution >= 4 is 17.3 Å². The lowest BCUT2D eigenvalue weighted by Crippen LogP contribution is -2.11. The smallest absolute Gasteiger partial charge is 0.285 e. The monoisotopic (exact) mass is 213 g/mol. The number of rotatable bonds is 3. The highest BCUT2D eigenvalue weighted by Crippen LogP contribution is 2.13. The highest BCUT2D eigenvalue weighted by Gasteiger charge is 2.02. The molecule has 0 atom stereocenters. The molecule has 1 aromatic heterocycles. The van der Waals surface area contributed by atoms with Crippen LogP contribution in [-0.2, 0) is 0 Å². The molecule has 76 valence electrons. The Bertz CT molecular complexity index is 393. The van der Waals surface area contributed by atoms with Crippen molar-refractivity contribution in [2.24, 2.45) is 0 Å². The molecule has 0 spiro atoms. The van der Waals surface area contributed by atoms with Crippen molar-refractivity contribution in [3.63, 3.8) is 0 Å². The number of hydrogen-bond acceptors (Lipinski definition) is 3. The summed E-state index contributed by atoms with van der Waals surface area (Å²) < 4.78 is 0. The van der Waals surface area contributed by atoms with E-state index in [1.807, 2.05) is 19.9 Å². The minimum Gasteiger partial charge on any atom is -0.379 e. The molecule has 5 heteroatoms. The number of allylic oxidation sites excluding steroid dienone is 1. The molecule has 2 N–H and O–H groups in total. The average Bonchev–Trinajstić information content (AvgIpc) is 2.12. The standard InChI is InChI=1S/C9H12ClN3O/c1-6(2)3-4-11-7-5-12-13-9(14)8(7)10/h3,5H,4H2,1-2H3,(H2,11,13,14). The van der Waals surface area contributed by atoms with Crippen LogP contribution in [0.3, 0.4) is 0 Å². The lowest BCUT2D eigenvalue weighted by atomic mass is 10.3. The van der Waals surface area contributed by atoms with Crippen molar-refractivity contribution in [2.75, 3.05) is 11.9 Å². The van der Waals surface area contributed by atoms with E-state index in [1.165, 1.54) is 11.8 Å². The van der Waals surface area contributed by atoms with E-state index in [1.54, 1.807) is 0 Å². The Hall–Kier alpha value is -1.29. The van der Waals surface area contributed by atoms with Crippen molar-refractivity contribution in [1.82, 2.24) is 10.2 Å². The summed E-state index contributed by atoms with van der Waals surface area (Å²) in [6.07, 6.45) is 3.49. The Balaban J connectivity index is 2.73. The maximum Gasteiger partial charge on any atom is 0.285 e. The number of aromatic nitrogens is 2. The van der Waals surface area contributed by atoms with Gasteiger partial charge in [-0.2, -0.15) is 5.10 Å². The van der Waals surface area contributed by atoms with Crippen LogP contribution in [-0.4, -0.2) is 16.7 Å². The minimum atomic E-state index is -0.381. The summed E-state index contributed by atoms with van der Waals surface area (Å²) in [6.45, 7) is 4.63. The molecule has 0 aliphatic carbocycles. The first-order chi connectivity index (χ1) is 6.61. The normalized spacial score (nSPS) is 9.64. The lowest BCUT2D eigenvalue weighted by Gasteiger charge is -2.03. The highest BCUT2D eigenvalue weighted by atomic mass is 35.5. The molecule has 4 nitrogen and oxygen atoms in total. The molecule has 0 bridgehead atoms. The molecule has 14 heavy (non-hydrogen) atoms. The van der Waals surface area contributed by atoms with Crippen LogP contribution in [0.5, 0.6) is 0 Å². The molecule has 0 aliphatic heterocycles. The lowest BCUT2D eigenvalue weighted by molar-refractivity contribution is 0.987. The van der Waals surface area contributed by atoms with Gasteiger partial charge in [0, 0.05) is 6.54 Å². The highest BCUT2D eigenvalue weighted by molar-refractivity contribution is 6.32. The van der Waals surface area contributed by atoms with Gasteiger partial charge in [-0.1, -0.05) is 23.3 Å². The van der Waals surface area contributed by atoms with Gasteiger partial charge in [0.05, 0.1) is 11.9 Å². The first kappa shape index (κ1) is 10.8. The second kappa shape index (κ2) is 4.81. The van der Waals surface area contributed by atoms with Crippen LogP contribution < -0.4 is 10.9 Å². The fourth-order valence-electron chi connectivity index (χ4n) is 0.872. The van der Waals surface area contributed by atoms with E-state index in [-0.39, 0.29) is 10.6 Å². The van der Waals surface area contributed by atoms with Gasteiger partial charge in [-0.25, -0.2) is 5.10 Å². The molecule has 0 aromatic carbocycles. The van der Waals surface area contributed by atoms with E-state index in [9.17, 15) is 4.79 Å². The second-order valence-corrected chi connectivity index (χ2v) is 3.47. The molecule has 1 rings (SSSR count). The number of halogens is 1. The third-order valence-corrected chi connectivity index (χ3v) is 1.97. The predicted octanol–water partition coefficient (Wildman–Crippen LogP) is 1.80. The van der Waals surface area contributed by atoms with Crippen molar-refractivity contribution in [3.8, 4) is 0 Å². The Labute approximate surface area is 87.0 Å². The second-order valence-electron chi connectivity index (χ2n) is 3.09. The topological polar surface area (TPSA) is 57.8 Å².